The number of nitrogens with one attached hydrogen (secondary N) is 1. The van der Waals surface area contributed by atoms with Crippen molar-refractivity contribution in [2.24, 2.45) is 5.92 Å². The lowest BCUT2D eigenvalue weighted by molar-refractivity contribution is 0.0133. The Hall–Kier alpha value is -1.69. The fraction of sp³-hybridized carbons (Fsp3) is 0.611. The number of likely N-dealkylation sites (tertiary alicyclic amines) is 1. The normalized spacial score (nSPS) is 17.9. The highest BCUT2D eigenvalue weighted by Crippen LogP contribution is 2.27. The highest BCUT2D eigenvalue weighted by Gasteiger charge is 2.27. The van der Waals surface area contributed by atoms with E-state index in [4.69, 9.17) is 15.9 Å². The quantitative estimate of drug-likeness (QED) is 0.613. The van der Waals surface area contributed by atoms with Crippen LogP contribution in [0.25, 0.3) is 0 Å². The summed E-state index contributed by atoms with van der Waals surface area (Å²) < 4.78 is 31.4. The zero-order chi connectivity index (χ0) is 17.9. The molecule has 0 saturated carbocycles. The highest BCUT2D eigenvalue weighted by atomic mass is 19.3. The van der Waals surface area contributed by atoms with E-state index >= 15 is 0 Å². The molecular weight excluding hydrogens is 312 g/mol. The maximum Gasteiger partial charge on any atom is 0.253 e. The first kappa shape index (κ1) is 18.6. The van der Waals surface area contributed by atoms with Crippen molar-refractivity contribution < 1.29 is 13.5 Å². The largest absolute Gasteiger partial charge is 0.493 e. The third kappa shape index (κ3) is 4.44. The van der Waals surface area contributed by atoms with Crippen LogP contribution in [0.3, 0.4) is 0 Å². The molecule has 2 rings (SSSR count). The van der Waals surface area contributed by atoms with Gasteiger partial charge in [0.25, 0.3) is 6.43 Å². The van der Waals surface area contributed by atoms with Gasteiger partial charge >= 0.3 is 0 Å². The molecule has 6 heteroatoms. The lowest BCUT2D eigenvalue weighted by Gasteiger charge is -2.35. The monoisotopic (exact) mass is 339 g/mol. The molecule has 0 aromatic heterocycles. The molecule has 1 atom stereocenters. The summed E-state index contributed by atoms with van der Waals surface area (Å²) in [6.07, 6.45) is -0.563. The van der Waals surface area contributed by atoms with E-state index in [1.807, 2.05) is 17.9 Å². The van der Waals surface area contributed by atoms with Gasteiger partial charge in [-0.15, -0.1) is 0 Å². The van der Waals surface area contributed by atoms with E-state index in [2.05, 4.69) is 0 Å². The van der Waals surface area contributed by atoms with Crippen molar-refractivity contribution in [2.45, 2.75) is 46.1 Å². The van der Waals surface area contributed by atoms with E-state index in [1.54, 1.807) is 19.9 Å². The van der Waals surface area contributed by atoms with E-state index in [0.717, 1.165) is 24.0 Å². The van der Waals surface area contributed by atoms with Gasteiger partial charge in [0.05, 0.1) is 12.6 Å². The molecule has 0 aliphatic carbocycles. The van der Waals surface area contributed by atoms with Gasteiger partial charge in [0.15, 0.2) is 0 Å². The molecule has 1 aromatic rings. The Morgan fingerprint density at radius 1 is 1.38 bits per heavy atom. The van der Waals surface area contributed by atoms with E-state index in [9.17, 15) is 8.78 Å². The van der Waals surface area contributed by atoms with Crippen LogP contribution in [0, 0.1) is 18.3 Å². The van der Waals surface area contributed by atoms with Crippen molar-refractivity contribution >= 4 is 11.4 Å². The number of hydrogen-bond acceptors (Lipinski definition) is 4. The van der Waals surface area contributed by atoms with Crippen molar-refractivity contribution in [3.63, 3.8) is 0 Å². The minimum absolute atomic E-state index is 0.372. The SMILES string of the molecule is CC(=N)c1c(C)cc(OCC2CCN(C(C)C(F)F)CC2)cc1N. The maximum absolute atomic E-state index is 12.8. The Bertz CT molecular complexity index is 561. The molecule has 24 heavy (non-hydrogen) atoms. The fourth-order valence-electron chi connectivity index (χ4n) is 3.28. The third-order valence-electron chi connectivity index (χ3n) is 4.79. The van der Waals surface area contributed by atoms with Gasteiger partial charge < -0.3 is 15.9 Å². The van der Waals surface area contributed by atoms with Gasteiger partial charge in [-0.3, -0.25) is 4.90 Å². The summed E-state index contributed by atoms with van der Waals surface area (Å²) in [5, 5.41) is 7.75. The Labute approximate surface area is 142 Å². The predicted molar refractivity (Wildman–Crippen MR) is 93.4 cm³/mol. The van der Waals surface area contributed by atoms with Gasteiger partial charge in [-0.1, -0.05) is 0 Å². The Morgan fingerprint density at radius 3 is 2.50 bits per heavy atom. The molecule has 0 amide bonds. The number of nitrogens with zero attached hydrogens (tertiary/aromatic N) is 1. The summed E-state index contributed by atoms with van der Waals surface area (Å²) in [5.74, 6) is 1.08. The molecular formula is C18H27F2N3O. The van der Waals surface area contributed by atoms with Crippen LogP contribution in [0.5, 0.6) is 5.75 Å². The number of alkyl halides is 2. The van der Waals surface area contributed by atoms with Crippen LogP contribution in [-0.2, 0) is 0 Å². The summed E-state index contributed by atoms with van der Waals surface area (Å²) in [6, 6.07) is 2.98. The first-order valence-electron chi connectivity index (χ1n) is 8.40. The van der Waals surface area contributed by atoms with Crippen LogP contribution in [-0.4, -0.2) is 42.8 Å². The van der Waals surface area contributed by atoms with Crippen molar-refractivity contribution in [1.29, 1.82) is 5.41 Å². The first-order chi connectivity index (χ1) is 11.3. The standard InChI is InChI=1S/C18H27F2N3O/c1-11-8-15(9-16(22)17(11)12(2)21)24-10-14-4-6-23(7-5-14)13(3)18(19)20/h8-9,13-14,18,21H,4-7,10,22H2,1-3H3. The number of anilines is 1. The van der Waals surface area contributed by atoms with Crippen molar-refractivity contribution in [2.75, 3.05) is 25.4 Å². The van der Waals surface area contributed by atoms with E-state index < -0.39 is 12.5 Å². The summed E-state index contributed by atoms with van der Waals surface area (Å²) in [7, 11) is 0. The number of halogens is 2. The van der Waals surface area contributed by atoms with E-state index in [0.29, 0.717) is 42.8 Å². The van der Waals surface area contributed by atoms with Crippen molar-refractivity contribution in [3.8, 4) is 5.75 Å². The molecule has 0 bridgehead atoms. The summed E-state index contributed by atoms with van der Waals surface area (Å²) in [6.45, 7) is 7.16. The molecule has 3 N–H and O–H groups in total. The summed E-state index contributed by atoms with van der Waals surface area (Å²) in [4.78, 5) is 1.85. The number of benzene rings is 1. The lowest BCUT2D eigenvalue weighted by atomic mass is 9.96. The third-order valence-corrected chi connectivity index (χ3v) is 4.79. The number of aryl methyl sites for hydroxylation is 1. The molecule has 0 radical (unpaired) electrons. The Balaban J connectivity index is 1.88. The van der Waals surface area contributed by atoms with Crippen molar-refractivity contribution in [1.82, 2.24) is 4.90 Å². The number of rotatable bonds is 6. The number of piperidine rings is 1. The van der Waals surface area contributed by atoms with Crippen LogP contribution in [0.4, 0.5) is 14.5 Å². The second-order valence-electron chi connectivity index (χ2n) is 6.69. The predicted octanol–water partition coefficient (Wildman–Crippen LogP) is 3.71. The van der Waals surface area contributed by atoms with Gasteiger partial charge in [0.2, 0.25) is 0 Å². The molecule has 1 aromatic carbocycles. The van der Waals surface area contributed by atoms with E-state index in [1.165, 1.54) is 0 Å². The smallest absolute Gasteiger partial charge is 0.253 e. The number of nitrogen functional groups attached to an aromatic ring is 1. The van der Waals surface area contributed by atoms with Crippen molar-refractivity contribution in [3.05, 3.63) is 23.3 Å². The molecule has 134 valence electrons. The highest BCUT2D eigenvalue weighted by molar-refractivity contribution is 6.02. The minimum atomic E-state index is -2.29. The van der Waals surface area contributed by atoms with E-state index in [-0.39, 0.29) is 0 Å². The second kappa shape index (κ2) is 7.92. The zero-order valence-corrected chi connectivity index (χ0v) is 14.6. The van der Waals surface area contributed by atoms with Crippen LogP contribution in [0.1, 0.15) is 37.8 Å². The molecule has 1 fully saturated rings. The second-order valence-corrected chi connectivity index (χ2v) is 6.69. The van der Waals surface area contributed by atoms with Crippen LogP contribution in [0.15, 0.2) is 12.1 Å². The van der Waals surface area contributed by atoms with Gasteiger partial charge in [-0.25, -0.2) is 8.78 Å². The van der Waals surface area contributed by atoms with Crippen LogP contribution >= 0.6 is 0 Å². The van der Waals surface area contributed by atoms with Gasteiger partial charge in [-0.05, 0) is 64.3 Å². The van der Waals surface area contributed by atoms with Gasteiger partial charge in [0, 0.05) is 23.0 Å². The summed E-state index contributed by atoms with van der Waals surface area (Å²) in [5.41, 5.74) is 8.70. The number of hydrogen-bond donors (Lipinski definition) is 2. The molecule has 1 saturated heterocycles. The molecule has 1 heterocycles. The molecule has 1 unspecified atom stereocenters. The number of nitrogens with two attached hydrogens (primary N) is 1. The Morgan fingerprint density at radius 2 is 2.00 bits per heavy atom. The molecule has 0 spiro atoms. The average molecular weight is 339 g/mol. The maximum atomic E-state index is 12.8. The minimum Gasteiger partial charge on any atom is -0.493 e. The number of ether oxygens (including phenoxy) is 1. The Kier molecular flexibility index (Phi) is 6.15. The first-order valence-corrected chi connectivity index (χ1v) is 8.40. The lowest BCUT2D eigenvalue weighted by Crippen LogP contribution is -2.44. The molecule has 1 aliphatic heterocycles. The van der Waals surface area contributed by atoms with Crippen LogP contribution < -0.4 is 10.5 Å². The van der Waals surface area contributed by atoms with Crippen LogP contribution in [0.2, 0.25) is 0 Å². The summed E-state index contributed by atoms with van der Waals surface area (Å²) >= 11 is 0. The zero-order valence-electron chi connectivity index (χ0n) is 14.6. The molecule has 4 nitrogen and oxygen atoms in total. The molecule has 1 aliphatic rings. The van der Waals surface area contributed by atoms with Gasteiger partial charge in [0.1, 0.15) is 5.75 Å². The topological polar surface area (TPSA) is 62.3 Å². The van der Waals surface area contributed by atoms with Gasteiger partial charge in [-0.2, -0.15) is 0 Å². The average Bonchev–Trinajstić information content (AvgIpc) is 2.51. The fourth-order valence-corrected chi connectivity index (χ4v) is 3.28.